The molecule has 0 aliphatic rings. The fourth-order valence-corrected chi connectivity index (χ4v) is 1.15. The molecule has 0 aliphatic heterocycles. The Labute approximate surface area is 91.7 Å². The van der Waals surface area contributed by atoms with Crippen molar-refractivity contribution in [3.05, 3.63) is 12.2 Å². The number of hydrogen-bond acceptors (Lipinski definition) is 2. The number of nitrogens with zero attached hydrogens (tertiary/aromatic N) is 1. The van der Waals surface area contributed by atoms with Crippen molar-refractivity contribution in [2.45, 2.75) is 39.0 Å². The summed E-state index contributed by atoms with van der Waals surface area (Å²) < 4.78 is 0. The number of unbranched alkanes of at least 4 members (excludes halogenated alkanes) is 3. The number of carbonyl (C=O) groups excluding carboxylic acids is 1. The van der Waals surface area contributed by atoms with E-state index in [2.05, 4.69) is 12.7 Å². The van der Waals surface area contributed by atoms with Crippen molar-refractivity contribution in [3.8, 4) is 0 Å². The maximum absolute atomic E-state index is 11.3. The second-order valence-electron chi connectivity index (χ2n) is 3.57. The molecule has 0 unspecified atom stereocenters. The Kier molecular flexibility index (Phi) is 9.11. The summed E-state index contributed by atoms with van der Waals surface area (Å²) >= 11 is 0. The predicted molar refractivity (Wildman–Crippen MR) is 59.2 cm³/mol. The number of quaternary nitrogens is 1. The van der Waals surface area contributed by atoms with Crippen molar-refractivity contribution in [2.75, 3.05) is 13.1 Å². The minimum atomic E-state index is -0.333. The predicted octanol–water partition coefficient (Wildman–Crippen LogP) is 0.973. The number of hydrogen-bond donors (Lipinski definition) is 2. The molecule has 0 fully saturated rings. The van der Waals surface area contributed by atoms with Gasteiger partial charge in [0.1, 0.15) is 0 Å². The first-order chi connectivity index (χ1) is 7.22. The molecule has 0 spiro atoms. The third-order valence-electron chi connectivity index (χ3n) is 2.11. The highest BCUT2D eigenvalue weighted by atomic mass is 16.5. The third-order valence-corrected chi connectivity index (χ3v) is 2.11. The van der Waals surface area contributed by atoms with Crippen LogP contribution in [-0.4, -0.2) is 29.3 Å². The summed E-state index contributed by atoms with van der Waals surface area (Å²) in [4.78, 5) is 11.3. The lowest BCUT2D eigenvalue weighted by molar-refractivity contribution is -0.369. The van der Waals surface area contributed by atoms with Gasteiger partial charge < -0.3 is 5.73 Å². The summed E-state index contributed by atoms with van der Waals surface area (Å²) in [6.45, 7) is 3.23. The van der Waals surface area contributed by atoms with Crippen molar-refractivity contribution in [1.82, 2.24) is 5.06 Å². The molecule has 0 saturated heterocycles. The summed E-state index contributed by atoms with van der Waals surface area (Å²) in [6, 6.07) is 0. The minimum Gasteiger partial charge on any atom is -0.358 e. The topological polar surface area (TPSA) is 68.2 Å². The molecule has 0 atom stereocenters. The van der Waals surface area contributed by atoms with Gasteiger partial charge in [-0.3, -0.25) is 10.0 Å². The normalized spacial score (nSPS) is 10.9. The van der Waals surface area contributed by atoms with E-state index in [-0.39, 0.29) is 5.91 Å². The van der Waals surface area contributed by atoms with E-state index in [0.29, 0.717) is 6.54 Å². The summed E-state index contributed by atoms with van der Waals surface area (Å²) in [5, 5.41) is 10.0. The molecular weight excluding hydrogens is 192 g/mol. The third kappa shape index (κ3) is 8.15. The molecule has 0 heterocycles. The zero-order valence-electron chi connectivity index (χ0n) is 9.61. The first kappa shape index (κ1) is 14.1. The highest BCUT2D eigenvalue weighted by Gasteiger charge is 2.05. The van der Waals surface area contributed by atoms with E-state index < -0.39 is 0 Å². The molecule has 88 valence electrons. The quantitative estimate of drug-likeness (QED) is 0.274. The van der Waals surface area contributed by atoms with Gasteiger partial charge in [0, 0.05) is 12.5 Å². The van der Waals surface area contributed by atoms with E-state index in [4.69, 9.17) is 0 Å². The first-order valence-corrected chi connectivity index (χ1v) is 5.68. The number of hydroxylamine groups is 2. The SMILES string of the molecule is CCCCC/C=C/C(=O)N(O)CCC[NH3+]. The Balaban J connectivity index is 3.61. The first-order valence-electron chi connectivity index (χ1n) is 5.68. The molecule has 4 nitrogen and oxygen atoms in total. The van der Waals surface area contributed by atoms with E-state index >= 15 is 0 Å². The van der Waals surface area contributed by atoms with Crippen LogP contribution in [0.2, 0.25) is 0 Å². The van der Waals surface area contributed by atoms with Crippen molar-refractivity contribution in [2.24, 2.45) is 0 Å². The molecule has 15 heavy (non-hydrogen) atoms. The highest BCUT2D eigenvalue weighted by Crippen LogP contribution is 2.00. The van der Waals surface area contributed by atoms with E-state index in [0.717, 1.165) is 30.9 Å². The Morgan fingerprint density at radius 1 is 1.40 bits per heavy atom. The molecule has 1 amide bonds. The molecule has 0 radical (unpaired) electrons. The Morgan fingerprint density at radius 3 is 2.73 bits per heavy atom. The van der Waals surface area contributed by atoms with Crippen LogP contribution in [0.1, 0.15) is 39.0 Å². The van der Waals surface area contributed by atoms with Crippen LogP contribution in [-0.2, 0) is 4.79 Å². The standard InChI is InChI=1S/C11H22N2O2/c1-2-3-4-5-6-8-11(14)13(15)10-7-9-12/h6,8,15H,2-5,7,9-10,12H2,1H3/p+1/b8-6+. The van der Waals surface area contributed by atoms with Crippen molar-refractivity contribution in [1.29, 1.82) is 0 Å². The molecular formula is C11H23N2O2+. The number of carbonyl (C=O) groups is 1. The highest BCUT2D eigenvalue weighted by molar-refractivity contribution is 5.86. The largest absolute Gasteiger partial charge is 0.358 e. The van der Waals surface area contributed by atoms with E-state index in [9.17, 15) is 10.0 Å². The van der Waals surface area contributed by atoms with Crippen LogP contribution in [0.4, 0.5) is 0 Å². The smallest absolute Gasteiger partial charge is 0.269 e. The summed E-state index contributed by atoms with van der Waals surface area (Å²) in [5.74, 6) is -0.333. The molecule has 0 aromatic carbocycles. The van der Waals surface area contributed by atoms with Gasteiger partial charge in [0.15, 0.2) is 0 Å². The molecule has 0 aromatic rings. The molecule has 4 heteroatoms. The van der Waals surface area contributed by atoms with E-state index in [1.165, 1.54) is 18.9 Å². The zero-order chi connectivity index (χ0) is 11.5. The van der Waals surface area contributed by atoms with Crippen LogP contribution in [0.25, 0.3) is 0 Å². The van der Waals surface area contributed by atoms with Gasteiger partial charge in [-0.2, -0.15) is 0 Å². The van der Waals surface area contributed by atoms with Gasteiger partial charge >= 0.3 is 0 Å². The number of amides is 1. The van der Waals surface area contributed by atoms with Gasteiger partial charge in [-0.05, 0) is 12.8 Å². The summed E-state index contributed by atoms with van der Waals surface area (Å²) in [6.07, 6.45) is 8.36. The van der Waals surface area contributed by atoms with Crippen molar-refractivity contribution < 1.29 is 15.7 Å². The molecule has 0 rings (SSSR count). The molecule has 0 aliphatic carbocycles. The fourth-order valence-electron chi connectivity index (χ4n) is 1.15. The summed E-state index contributed by atoms with van der Waals surface area (Å²) in [5.41, 5.74) is 3.65. The Hall–Kier alpha value is -0.870. The van der Waals surface area contributed by atoms with Crippen LogP contribution in [0, 0.1) is 0 Å². The van der Waals surface area contributed by atoms with Crippen LogP contribution in [0.5, 0.6) is 0 Å². The minimum absolute atomic E-state index is 0.333. The van der Waals surface area contributed by atoms with Crippen molar-refractivity contribution in [3.63, 3.8) is 0 Å². The lowest BCUT2D eigenvalue weighted by atomic mass is 10.2. The zero-order valence-corrected chi connectivity index (χ0v) is 9.61. The number of rotatable bonds is 8. The second kappa shape index (κ2) is 9.68. The average Bonchev–Trinajstić information content (AvgIpc) is 2.25. The van der Waals surface area contributed by atoms with Crippen LogP contribution < -0.4 is 5.73 Å². The van der Waals surface area contributed by atoms with Crippen LogP contribution in [0.15, 0.2) is 12.2 Å². The van der Waals surface area contributed by atoms with Gasteiger partial charge in [0.05, 0.1) is 13.1 Å². The molecule has 0 saturated carbocycles. The van der Waals surface area contributed by atoms with Crippen LogP contribution in [0.3, 0.4) is 0 Å². The maximum Gasteiger partial charge on any atom is 0.269 e. The lowest BCUT2D eigenvalue weighted by Gasteiger charge is -2.10. The van der Waals surface area contributed by atoms with Gasteiger partial charge in [0.25, 0.3) is 5.91 Å². The maximum atomic E-state index is 11.3. The molecule has 0 bridgehead atoms. The lowest BCUT2D eigenvalue weighted by Crippen LogP contribution is -2.51. The van der Waals surface area contributed by atoms with Crippen molar-refractivity contribution >= 4 is 5.91 Å². The average molecular weight is 215 g/mol. The summed E-state index contributed by atoms with van der Waals surface area (Å²) in [7, 11) is 0. The fraction of sp³-hybridized carbons (Fsp3) is 0.727. The van der Waals surface area contributed by atoms with Gasteiger partial charge in [-0.15, -0.1) is 0 Å². The molecule has 0 aromatic heterocycles. The monoisotopic (exact) mass is 215 g/mol. The Bertz CT molecular complexity index is 193. The van der Waals surface area contributed by atoms with E-state index in [1.54, 1.807) is 0 Å². The number of allylic oxidation sites excluding steroid dienone is 1. The van der Waals surface area contributed by atoms with Gasteiger partial charge in [0.2, 0.25) is 0 Å². The van der Waals surface area contributed by atoms with Gasteiger partial charge in [-0.25, -0.2) is 5.06 Å². The second-order valence-corrected chi connectivity index (χ2v) is 3.57. The van der Waals surface area contributed by atoms with E-state index in [1.807, 2.05) is 6.08 Å². The van der Waals surface area contributed by atoms with Crippen LogP contribution >= 0.6 is 0 Å². The molecule has 4 N–H and O–H groups in total. The Morgan fingerprint density at radius 2 is 2.13 bits per heavy atom. The van der Waals surface area contributed by atoms with Gasteiger partial charge in [-0.1, -0.05) is 25.8 Å².